The molecule has 0 saturated heterocycles. The first kappa shape index (κ1) is 12.7. The second kappa shape index (κ2) is 5.63. The smallest absolute Gasteiger partial charge is 0.207 e. The van der Waals surface area contributed by atoms with Crippen molar-refractivity contribution in [1.29, 1.82) is 0 Å². The maximum absolute atomic E-state index is 12.1. The van der Waals surface area contributed by atoms with Crippen molar-refractivity contribution in [2.24, 2.45) is 0 Å². The van der Waals surface area contributed by atoms with Crippen LogP contribution < -0.4 is 0 Å². The third-order valence-electron chi connectivity index (χ3n) is 1.96. The Labute approximate surface area is 96.8 Å². The molecule has 0 fully saturated rings. The predicted molar refractivity (Wildman–Crippen MR) is 64.4 cm³/mol. The number of rotatable bonds is 6. The summed E-state index contributed by atoms with van der Waals surface area (Å²) in [5.41, 5.74) is 0. The summed E-state index contributed by atoms with van der Waals surface area (Å²) >= 11 is 0. The van der Waals surface area contributed by atoms with E-state index in [1.807, 2.05) is 0 Å². The largest absolute Gasteiger partial charge is 0.244 e. The molecule has 1 aromatic rings. The molecule has 0 spiro atoms. The Kier molecular flexibility index (Phi) is 4.46. The topological polar surface area (TPSA) is 37.4 Å². The molecule has 3 nitrogen and oxygen atoms in total. The summed E-state index contributed by atoms with van der Waals surface area (Å²) in [5.74, 6) is 0. The van der Waals surface area contributed by atoms with Crippen LogP contribution in [0.2, 0.25) is 0 Å². The maximum Gasteiger partial charge on any atom is 0.244 e. The fourth-order valence-corrected chi connectivity index (χ4v) is 2.58. The zero-order valence-corrected chi connectivity index (χ0v) is 9.78. The molecule has 0 bridgehead atoms. The van der Waals surface area contributed by atoms with Crippen LogP contribution in [0.25, 0.3) is 0 Å². The number of nitrogens with zero attached hydrogens (tertiary/aromatic N) is 1. The quantitative estimate of drug-likeness (QED) is 0.707. The molecule has 85 valence electrons. The maximum atomic E-state index is 12.1. The van der Waals surface area contributed by atoms with Crippen LogP contribution in [0, 0.1) is 6.07 Å². The van der Waals surface area contributed by atoms with E-state index in [0.717, 1.165) is 0 Å². The van der Waals surface area contributed by atoms with Crippen LogP contribution in [0.15, 0.2) is 54.5 Å². The summed E-state index contributed by atoms with van der Waals surface area (Å²) < 4.78 is 25.5. The molecular formula is C12H14NO2S. The Morgan fingerprint density at radius 1 is 1.25 bits per heavy atom. The number of hydrogen-bond acceptors (Lipinski definition) is 2. The third-order valence-corrected chi connectivity index (χ3v) is 3.75. The van der Waals surface area contributed by atoms with Crippen molar-refractivity contribution in [2.75, 3.05) is 13.1 Å². The van der Waals surface area contributed by atoms with E-state index in [2.05, 4.69) is 19.2 Å². The molecule has 0 aliphatic rings. The molecule has 1 radical (unpaired) electrons. The van der Waals surface area contributed by atoms with E-state index in [9.17, 15) is 8.42 Å². The standard InChI is InChI=1S/C12H14NO2S/c1-3-10-13(11-4-2)16(14,15)12-8-6-5-7-9-12/h3-8H,1-2,10-11H2. The fraction of sp³-hybridized carbons (Fsp3) is 0.167. The lowest BCUT2D eigenvalue weighted by atomic mass is 10.4. The first-order valence-corrected chi connectivity index (χ1v) is 6.25. The molecule has 16 heavy (non-hydrogen) atoms. The Bertz CT molecular complexity index is 441. The van der Waals surface area contributed by atoms with Crippen LogP contribution in [-0.4, -0.2) is 25.8 Å². The zero-order valence-electron chi connectivity index (χ0n) is 8.96. The molecule has 1 aromatic carbocycles. The Hall–Kier alpha value is -1.39. The Morgan fingerprint density at radius 3 is 2.31 bits per heavy atom. The molecule has 1 rings (SSSR count). The highest BCUT2D eigenvalue weighted by molar-refractivity contribution is 7.89. The normalized spacial score (nSPS) is 11.3. The molecule has 0 atom stereocenters. The van der Waals surface area contributed by atoms with E-state index in [1.165, 1.54) is 10.4 Å². The predicted octanol–water partition coefficient (Wildman–Crippen LogP) is 1.85. The highest BCUT2D eigenvalue weighted by Gasteiger charge is 2.21. The molecule has 0 aliphatic carbocycles. The molecule has 0 heterocycles. The highest BCUT2D eigenvalue weighted by Crippen LogP contribution is 2.14. The second-order valence-electron chi connectivity index (χ2n) is 3.13. The minimum atomic E-state index is -3.49. The second-order valence-corrected chi connectivity index (χ2v) is 5.03. The minimum Gasteiger partial charge on any atom is -0.207 e. The number of hydrogen-bond donors (Lipinski definition) is 0. The van der Waals surface area contributed by atoms with Crippen molar-refractivity contribution in [1.82, 2.24) is 4.31 Å². The van der Waals surface area contributed by atoms with Gasteiger partial charge in [-0.1, -0.05) is 30.4 Å². The molecular weight excluding hydrogens is 222 g/mol. The molecule has 4 heteroatoms. The van der Waals surface area contributed by atoms with Gasteiger partial charge in [-0.3, -0.25) is 0 Å². The average Bonchev–Trinajstić information content (AvgIpc) is 2.30. The van der Waals surface area contributed by atoms with Gasteiger partial charge in [0, 0.05) is 19.2 Å². The van der Waals surface area contributed by atoms with Gasteiger partial charge >= 0.3 is 0 Å². The molecule has 0 saturated carbocycles. The van der Waals surface area contributed by atoms with E-state index in [-0.39, 0.29) is 18.0 Å². The average molecular weight is 236 g/mol. The van der Waals surface area contributed by atoms with Crippen molar-refractivity contribution < 1.29 is 8.42 Å². The summed E-state index contributed by atoms with van der Waals surface area (Å²) in [5, 5.41) is 0. The Balaban J connectivity index is 3.07. The van der Waals surface area contributed by atoms with Gasteiger partial charge < -0.3 is 0 Å². The van der Waals surface area contributed by atoms with Crippen molar-refractivity contribution >= 4 is 10.0 Å². The van der Waals surface area contributed by atoms with Gasteiger partial charge in [-0.05, 0) is 6.07 Å². The summed E-state index contributed by atoms with van der Waals surface area (Å²) in [6.07, 6.45) is 3.09. The lowest BCUT2D eigenvalue weighted by Gasteiger charge is -2.18. The van der Waals surface area contributed by atoms with Crippen molar-refractivity contribution in [3.8, 4) is 0 Å². The first-order valence-electron chi connectivity index (χ1n) is 4.81. The molecule has 0 unspecified atom stereocenters. The third kappa shape index (κ3) is 2.81. The van der Waals surface area contributed by atoms with Crippen molar-refractivity contribution in [3.05, 3.63) is 55.6 Å². The van der Waals surface area contributed by atoms with Gasteiger partial charge in [0.1, 0.15) is 0 Å². The summed E-state index contributed by atoms with van der Waals surface area (Å²) in [6.45, 7) is 7.60. The van der Waals surface area contributed by atoms with Crippen LogP contribution in [0.5, 0.6) is 0 Å². The molecule has 0 N–H and O–H groups in total. The van der Waals surface area contributed by atoms with Gasteiger partial charge in [-0.2, -0.15) is 4.31 Å². The fourth-order valence-electron chi connectivity index (χ4n) is 1.24. The van der Waals surface area contributed by atoms with Crippen LogP contribution in [0.3, 0.4) is 0 Å². The van der Waals surface area contributed by atoms with E-state index in [1.54, 1.807) is 30.4 Å². The van der Waals surface area contributed by atoms with Gasteiger partial charge in [-0.25, -0.2) is 8.42 Å². The van der Waals surface area contributed by atoms with E-state index in [0.29, 0.717) is 0 Å². The van der Waals surface area contributed by atoms with Crippen LogP contribution in [0.1, 0.15) is 0 Å². The van der Waals surface area contributed by atoms with E-state index in [4.69, 9.17) is 0 Å². The van der Waals surface area contributed by atoms with Crippen LogP contribution in [-0.2, 0) is 10.0 Å². The van der Waals surface area contributed by atoms with Gasteiger partial charge in [-0.15, -0.1) is 13.2 Å². The van der Waals surface area contributed by atoms with E-state index >= 15 is 0 Å². The Morgan fingerprint density at radius 2 is 1.88 bits per heavy atom. The minimum absolute atomic E-state index is 0.165. The monoisotopic (exact) mass is 236 g/mol. The zero-order chi connectivity index (χ0) is 12.0. The lowest BCUT2D eigenvalue weighted by molar-refractivity contribution is 0.474. The van der Waals surface area contributed by atoms with Gasteiger partial charge in [0.15, 0.2) is 0 Å². The highest BCUT2D eigenvalue weighted by atomic mass is 32.2. The summed E-state index contributed by atoms with van der Waals surface area (Å²) in [6, 6.07) is 9.20. The SMILES string of the molecule is C=CCN(CC=C)S(=O)(=O)c1[c]cccc1. The van der Waals surface area contributed by atoms with Gasteiger partial charge in [0.05, 0.1) is 4.90 Å². The number of sulfonamides is 1. The van der Waals surface area contributed by atoms with E-state index < -0.39 is 10.0 Å². The first-order chi connectivity index (χ1) is 7.62. The van der Waals surface area contributed by atoms with Crippen LogP contribution >= 0.6 is 0 Å². The molecule has 0 aromatic heterocycles. The van der Waals surface area contributed by atoms with Crippen molar-refractivity contribution in [2.45, 2.75) is 4.90 Å². The molecule has 0 aliphatic heterocycles. The van der Waals surface area contributed by atoms with Gasteiger partial charge in [0.2, 0.25) is 10.0 Å². The van der Waals surface area contributed by atoms with Crippen molar-refractivity contribution in [3.63, 3.8) is 0 Å². The van der Waals surface area contributed by atoms with Crippen LogP contribution in [0.4, 0.5) is 0 Å². The molecule has 0 amide bonds. The summed E-state index contributed by atoms with van der Waals surface area (Å²) in [7, 11) is -3.49. The summed E-state index contributed by atoms with van der Waals surface area (Å²) in [4.78, 5) is 0.165. The number of benzene rings is 1. The lowest BCUT2D eigenvalue weighted by Crippen LogP contribution is -2.31. The van der Waals surface area contributed by atoms with Gasteiger partial charge in [0.25, 0.3) is 0 Å².